The SMILES string of the molecule is O=C(CCN1C(=O)CCC1=O)NNC(=O)c1ccc(Br)s1. The first-order chi connectivity index (χ1) is 9.97. The van der Waals surface area contributed by atoms with Crippen LogP contribution in [0.15, 0.2) is 15.9 Å². The van der Waals surface area contributed by atoms with Gasteiger partial charge in [0, 0.05) is 25.8 Å². The van der Waals surface area contributed by atoms with E-state index in [1.807, 2.05) is 0 Å². The highest BCUT2D eigenvalue weighted by atomic mass is 79.9. The summed E-state index contributed by atoms with van der Waals surface area (Å²) in [6.45, 7) is 0.0317. The molecule has 1 aromatic rings. The summed E-state index contributed by atoms with van der Waals surface area (Å²) in [6, 6.07) is 3.35. The molecule has 0 aromatic carbocycles. The zero-order valence-electron chi connectivity index (χ0n) is 10.8. The van der Waals surface area contributed by atoms with Crippen molar-refractivity contribution in [3.05, 3.63) is 20.8 Å². The maximum Gasteiger partial charge on any atom is 0.279 e. The molecule has 0 aliphatic carbocycles. The predicted octanol–water partition coefficient (Wildman–Crippen LogP) is 0.811. The van der Waals surface area contributed by atoms with Crippen LogP contribution in [0.3, 0.4) is 0 Å². The van der Waals surface area contributed by atoms with E-state index in [0.717, 1.165) is 8.69 Å². The topological polar surface area (TPSA) is 95.6 Å². The van der Waals surface area contributed by atoms with Crippen LogP contribution in [0.4, 0.5) is 0 Å². The molecule has 21 heavy (non-hydrogen) atoms. The number of nitrogens with one attached hydrogen (secondary N) is 2. The second kappa shape index (κ2) is 6.81. The van der Waals surface area contributed by atoms with Crippen LogP contribution in [-0.2, 0) is 14.4 Å². The number of hydrazine groups is 1. The molecule has 0 bridgehead atoms. The van der Waals surface area contributed by atoms with E-state index in [9.17, 15) is 19.2 Å². The first kappa shape index (κ1) is 15.6. The average molecular weight is 374 g/mol. The second-order valence-corrected chi connectivity index (χ2v) is 6.76. The highest BCUT2D eigenvalue weighted by Crippen LogP contribution is 2.21. The molecule has 0 saturated carbocycles. The van der Waals surface area contributed by atoms with Crippen molar-refractivity contribution < 1.29 is 19.2 Å². The van der Waals surface area contributed by atoms with E-state index < -0.39 is 11.8 Å². The molecule has 1 saturated heterocycles. The van der Waals surface area contributed by atoms with Gasteiger partial charge in [-0.1, -0.05) is 0 Å². The number of nitrogens with zero attached hydrogens (tertiary/aromatic N) is 1. The van der Waals surface area contributed by atoms with Crippen LogP contribution >= 0.6 is 27.3 Å². The minimum atomic E-state index is -0.466. The summed E-state index contributed by atoms with van der Waals surface area (Å²) in [5.74, 6) is -1.42. The Hall–Kier alpha value is -1.74. The number of hydrogen-bond donors (Lipinski definition) is 2. The largest absolute Gasteiger partial charge is 0.282 e. The molecule has 9 heteroatoms. The maximum absolute atomic E-state index is 11.7. The van der Waals surface area contributed by atoms with E-state index in [1.54, 1.807) is 12.1 Å². The summed E-state index contributed by atoms with van der Waals surface area (Å²) in [5, 5.41) is 0. The number of halogens is 1. The standard InChI is InChI=1S/C12H12BrN3O4S/c13-8-2-1-7(21-8)12(20)15-14-9(17)5-6-16-10(18)3-4-11(16)19/h1-2H,3-6H2,(H,14,17)(H,15,20). The minimum Gasteiger partial charge on any atom is -0.282 e. The summed E-state index contributed by atoms with van der Waals surface area (Å²) in [6.07, 6.45) is 0.348. The fraction of sp³-hybridized carbons (Fsp3) is 0.333. The molecule has 1 aliphatic rings. The Kier molecular flexibility index (Phi) is 5.07. The molecule has 2 N–H and O–H groups in total. The van der Waals surface area contributed by atoms with E-state index in [4.69, 9.17) is 0 Å². The zero-order valence-corrected chi connectivity index (χ0v) is 13.3. The van der Waals surface area contributed by atoms with Crippen LogP contribution < -0.4 is 10.9 Å². The number of carbonyl (C=O) groups is 4. The molecule has 112 valence electrons. The lowest BCUT2D eigenvalue weighted by molar-refractivity contribution is -0.138. The number of hydrogen-bond acceptors (Lipinski definition) is 5. The molecule has 1 aliphatic heterocycles. The molecule has 0 spiro atoms. The smallest absolute Gasteiger partial charge is 0.279 e. The van der Waals surface area contributed by atoms with Gasteiger partial charge >= 0.3 is 0 Å². The quantitative estimate of drug-likeness (QED) is 0.602. The highest BCUT2D eigenvalue weighted by Gasteiger charge is 2.28. The zero-order chi connectivity index (χ0) is 15.4. The molecule has 0 unspecified atom stereocenters. The van der Waals surface area contributed by atoms with Gasteiger partial charge in [0.25, 0.3) is 5.91 Å². The van der Waals surface area contributed by atoms with Gasteiger partial charge in [0.2, 0.25) is 17.7 Å². The van der Waals surface area contributed by atoms with Crippen molar-refractivity contribution in [3.63, 3.8) is 0 Å². The Morgan fingerprint density at radius 1 is 1.19 bits per heavy atom. The molecule has 7 nitrogen and oxygen atoms in total. The highest BCUT2D eigenvalue weighted by molar-refractivity contribution is 9.11. The number of rotatable bonds is 4. The monoisotopic (exact) mass is 373 g/mol. The molecule has 1 fully saturated rings. The normalized spacial score (nSPS) is 14.4. The predicted molar refractivity (Wildman–Crippen MR) is 78.2 cm³/mol. The number of carbonyl (C=O) groups excluding carboxylic acids is 4. The molecule has 0 atom stereocenters. The number of thiophene rings is 1. The molecule has 1 aromatic heterocycles. The van der Waals surface area contributed by atoms with Crippen molar-refractivity contribution >= 4 is 50.9 Å². The van der Waals surface area contributed by atoms with Gasteiger partial charge in [-0.05, 0) is 28.1 Å². The van der Waals surface area contributed by atoms with Crippen LogP contribution in [0.5, 0.6) is 0 Å². The minimum absolute atomic E-state index is 0.0317. The van der Waals surface area contributed by atoms with Crippen LogP contribution in [0.1, 0.15) is 28.9 Å². The molecular formula is C12H12BrN3O4S. The lowest BCUT2D eigenvalue weighted by Gasteiger charge is -2.13. The van der Waals surface area contributed by atoms with Crippen molar-refractivity contribution in [1.82, 2.24) is 15.8 Å². The van der Waals surface area contributed by atoms with Crippen molar-refractivity contribution in [2.75, 3.05) is 6.54 Å². The van der Waals surface area contributed by atoms with Gasteiger partial charge in [0.05, 0.1) is 8.66 Å². The van der Waals surface area contributed by atoms with E-state index in [1.165, 1.54) is 11.3 Å². The van der Waals surface area contributed by atoms with Crippen molar-refractivity contribution in [1.29, 1.82) is 0 Å². The molecule has 4 amide bonds. The van der Waals surface area contributed by atoms with Gasteiger partial charge in [0.15, 0.2) is 0 Å². The summed E-state index contributed by atoms with van der Waals surface area (Å²) < 4.78 is 0.810. The first-order valence-electron chi connectivity index (χ1n) is 6.15. The van der Waals surface area contributed by atoms with Crippen LogP contribution in [0.25, 0.3) is 0 Å². The first-order valence-corrected chi connectivity index (χ1v) is 7.76. The average Bonchev–Trinajstić information content (AvgIpc) is 3.01. The summed E-state index contributed by atoms with van der Waals surface area (Å²) in [4.78, 5) is 47.5. The lowest BCUT2D eigenvalue weighted by Crippen LogP contribution is -2.43. The Balaban J connectivity index is 1.74. The summed E-state index contributed by atoms with van der Waals surface area (Å²) in [5.41, 5.74) is 4.52. The van der Waals surface area contributed by atoms with Crippen LogP contribution in [0.2, 0.25) is 0 Å². The third-order valence-electron chi connectivity index (χ3n) is 2.83. The Bertz CT molecular complexity index is 585. The van der Waals surface area contributed by atoms with Gasteiger partial charge in [0.1, 0.15) is 0 Å². The maximum atomic E-state index is 11.7. The third-order valence-corrected chi connectivity index (χ3v) is 4.45. The Labute approximate surface area is 132 Å². The Morgan fingerprint density at radius 2 is 1.86 bits per heavy atom. The molecule has 2 rings (SSSR count). The fourth-order valence-electron chi connectivity index (χ4n) is 1.77. The van der Waals surface area contributed by atoms with E-state index in [2.05, 4.69) is 26.8 Å². The summed E-state index contributed by atoms with van der Waals surface area (Å²) >= 11 is 4.47. The van der Waals surface area contributed by atoms with Crippen LogP contribution in [-0.4, -0.2) is 35.1 Å². The van der Waals surface area contributed by atoms with Crippen molar-refractivity contribution in [2.45, 2.75) is 19.3 Å². The lowest BCUT2D eigenvalue weighted by atomic mass is 10.4. The van der Waals surface area contributed by atoms with Crippen LogP contribution in [0, 0.1) is 0 Å². The van der Waals surface area contributed by atoms with Crippen molar-refractivity contribution in [3.8, 4) is 0 Å². The number of likely N-dealkylation sites (tertiary alicyclic amines) is 1. The third kappa shape index (κ3) is 4.11. The van der Waals surface area contributed by atoms with Crippen molar-refractivity contribution in [2.24, 2.45) is 0 Å². The molecule has 2 heterocycles. The van der Waals surface area contributed by atoms with E-state index in [-0.39, 0.29) is 37.6 Å². The summed E-state index contributed by atoms with van der Waals surface area (Å²) in [7, 11) is 0. The second-order valence-electron chi connectivity index (χ2n) is 4.30. The van der Waals surface area contributed by atoms with Gasteiger partial charge in [-0.15, -0.1) is 11.3 Å². The fourth-order valence-corrected chi connectivity index (χ4v) is 3.05. The van der Waals surface area contributed by atoms with E-state index >= 15 is 0 Å². The van der Waals surface area contributed by atoms with Gasteiger partial charge in [-0.2, -0.15) is 0 Å². The number of imide groups is 1. The molecule has 0 radical (unpaired) electrons. The van der Waals surface area contributed by atoms with Gasteiger partial charge in [-0.25, -0.2) is 0 Å². The Morgan fingerprint density at radius 3 is 2.43 bits per heavy atom. The number of amides is 4. The van der Waals surface area contributed by atoms with E-state index in [0.29, 0.717) is 4.88 Å². The van der Waals surface area contributed by atoms with Gasteiger partial charge < -0.3 is 0 Å². The van der Waals surface area contributed by atoms with Gasteiger partial charge in [-0.3, -0.25) is 34.9 Å². The molecular weight excluding hydrogens is 362 g/mol.